The molecule has 126 valence electrons. The SMILES string of the molecule is Cc1ccc(NC(=O)CN2CCC(C3CCCN3)CC2)c(Cl)c1. The van der Waals surface area contributed by atoms with Gasteiger partial charge in [0.15, 0.2) is 0 Å². The van der Waals surface area contributed by atoms with Gasteiger partial charge in [-0.3, -0.25) is 9.69 Å². The van der Waals surface area contributed by atoms with Crippen LogP contribution in [0.25, 0.3) is 0 Å². The van der Waals surface area contributed by atoms with Gasteiger partial charge in [-0.1, -0.05) is 17.7 Å². The van der Waals surface area contributed by atoms with Crippen LogP contribution in [0.2, 0.25) is 5.02 Å². The molecule has 1 aromatic rings. The summed E-state index contributed by atoms with van der Waals surface area (Å²) in [6.07, 6.45) is 5.01. The van der Waals surface area contributed by atoms with E-state index in [1.807, 2.05) is 25.1 Å². The molecule has 1 amide bonds. The molecule has 2 fully saturated rings. The summed E-state index contributed by atoms with van der Waals surface area (Å²) in [6.45, 7) is 5.64. The number of benzene rings is 1. The number of likely N-dealkylation sites (tertiary alicyclic amines) is 1. The summed E-state index contributed by atoms with van der Waals surface area (Å²) < 4.78 is 0. The molecule has 0 radical (unpaired) electrons. The maximum absolute atomic E-state index is 12.2. The Morgan fingerprint density at radius 3 is 2.78 bits per heavy atom. The summed E-state index contributed by atoms with van der Waals surface area (Å²) in [5.74, 6) is 0.802. The fourth-order valence-corrected chi connectivity index (χ4v) is 4.02. The first-order chi connectivity index (χ1) is 11.1. The van der Waals surface area contributed by atoms with Crippen LogP contribution in [-0.2, 0) is 4.79 Å². The Morgan fingerprint density at radius 2 is 2.13 bits per heavy atom. The smallest absolute Gasteiger partial charge is 0.238 e. The van der Waals surface area contributed by atoms with E-state index >= 15 is 0 Å². The number of rotatable bonds is 4. The molecule has 4 nitrogen and oxygen atoms in total. The highest BCUT2D eigenvalue weighted by atomic mass is 35.5. The maximum Gasteiger partial charge on any atom is 0.238 e. The zero-order chi connectivity index (χ0) is 16.2. The molecular formula is C18H26ClN3O. The third-order valence-corrected chi connectivity index (χ3v) is 5.38. The van der Waals surface area contributed by atoms with Crippen LogP contribution in [0.4, 0.5) is 5.69 Å². The van der Waals surface area contributed by atoms with Crippen molar-refractivity contribution in [2.75, 3.05) is 31.5 Å². The summed E-state index contributed by atoms with van der Waals surface area (Å²) in [7, 11) is 0. The minimum Gasteiger partial charge on any atom is -0.324 e. The van der Waals surface area contributed by atoms with Crippen molar-refractivity contribution in [3.05, 3.63) is 28.8 Å². The van der Waals surface area contributed by atoms with Gasteiger partial charge < -0.3 is 10.6 Å². The Balaban J connectivity index is 1.45. The van der Waals surface area contributed by atoms with Crippen molar-refractivity contribution in [3.63, 3.8) is 0 Å². The van der Waals surface area contributed by atoms with E-state index in [2.05, 4.69) is 15.5 Å². The van der Waals surface area contributed by atoms with Crippen LogP contribution in [0.3, 0.4) is 0 Å². The average Bonchev–Trinajstić information content (AvgIpc) is 3.05. The van der Waals surface area contributed by atoms with E-state index < -0.39 is 0 Å². The van der Waals surface area contributed by atoms with Crippen LogP contribution in [0.5, 0.6) is 0 Å². The van der Waals surface area contributed by atoms with Gasteiger partial charge in [-0.2, -0.15) is 0 Å². The van der Waals surface area contributed by atoms with Crippen molar-refractivity contribution < 1.29 is 4.79 Å². The topological polar surface area (TPSA) is 44.4 Å². The van der Waals surface area contributed by atoms with Crippen molar-refractivity contribution in [1.29, 1.82) is 0 Å². The molecule has 23 heavy (non-hydrogen) atoms. The van der Waals surface area contributed by atoms with Crippen molar-refractivity contribution >= 4 is 23.2 Å². The third kappa shape index (κ3) is 4.46. The summed E-state index contributed by atoms with van der Waals surface area (Å²) in [4.78, 5) is 14.5. The number of hydrogen-bond donors (Lipinski definition) is 2. The number of nitrogens with one attached hydrogen (secondary N) is 2. The second-order valence-electron chi connectivity index (χ2n) is 6.85. The van der Waals surface area contributed by atoms with Crippen molar-refractivity contribution in [2.45, 2.75) is 38.6 Å². The van der Waals surface area contributed by atoms with Gasteiger partial charge >= 0.3 is 0 Å². The fourth-order valence-electron chi connectivity index (χ4n) is 3.74. The minimum absolute atomic E-state index is 0.0215. The Hall–Kier alpha value is -1.10. The molecule has 2 saturated heterocycles. The van der Waals surface area contributed by atoms with Gasteiger partial charge in [-0.05, 0) is 75.9 Å². The minimum atomic E-state index is 0.0215. The zero-order valence-corrected chi connectivity index (χ0v) is 14.5. The zero-order valence-electron chi connectivity index (χ0n) is 13.8. The van der Waals surface area contributed by atoms with Crippen LogP contribution in [-0.4, -0.2) is 43.0 Å². The summed E-state index contributed by atoms with van der Waals surface area (Å²) in [6, 6.07) is 6.41. The molecule has 2 heterocycles. The van der Waals surface area contributed by atoms with E-state index in [-0.39, 0.29) is 5.91 Å². The molecule has 0 saturated carbocycles. The molecule has 1 atom stereocenters. The summed E-state index contributed by atoms with van der Waals surface area (Å²) in [5.41, 5.74) is 1.79. The standard InChI is InChI=1S/C18H26ClN3O/c1-13-4-5-17(15(19)11-13)21-18(23)12-22-9-6-14(7-10-22)16-3-2-8-20-16/h4-5,11,14,16,20H,2-3,6-10,12H2,1H3,(H,21,23). The number of piperidine rings is 1. The maximum atomic E-state index is 12.2. The number of hydrogen-bond acceptors (Lipinski definition) is 3. The molecule has 0 aromatic heterocycles. The second-order valence-corrected chi connectivity index (χ2v) is 7.26. The number of carbonyl (C=O) groups excluding carboxylic acids is 1. The molecule has 1 aromatic carbocycles. The van der Waals surface area contributed by atoms with Gasteiger partial charge in [0.1, 0.15) is 0 Å². The largest absolute Gasteiger partial charge is 0.324 e. The first-order valence-corrected chi connectivity index (χ1v) is 9.01. The molecule has 3 rings (SSSR count). The van der Waals surface area contributed by atoms with Crippen LogP contribution in [0, 0.1) is 12.8 Å². The predicted octanol–water partition coefficient (Wildman–Crippen LogP) is 3.05. The van der Waals surface area contributed by atoms with E-state index in [1.54, 1.807) is 0 Å². The highest BCUT2D eigenvalue weighted by Crippen LogP contribution is 2.26. The number of anilines is 1. The molecule has 0 bridgehead atoms. The van der Waals surface area contributed by atoms with Crippen LogP contribution in [0.1, 0.15) is 31.2 Å². The van der Waals surface area contributed by atoms with E-state index in [1.165, 1.54) is 32.2 Å². The Labute approximate surface area is 143 Å². The molecule has 5 heteroatoms. The quantitative estimate of drug-likeness (QED) is 0.889. The van der Waals surface area contributed by atoms with Gasteiger partial charge in [0, 0.05) is 6.04 Å². The van der Waals surface area contributed by atoms with E-state index in [0.29, 0.717) is 23.3 Å². The number of amides is 1. The van der Waals surface area contributed by atoms with Crippen LogP contribution >= 0.6 is 11.6 Å². The summed E-state index contributed by atoms with van der Waals surface area (Å²) >= 11 is 6.17. The Kier molecular flexibility index (Phi) is 5.57. The number of nitrogens with zero attached hydrogens (tertiary/aromatic N) is 1. The van der Waals surface area contributed by atoms with E-state index in [9.17, 15) is 4.79 Å². The molecule has 2 aliphatic heterocycles. The van der Waals surface area contributed by atoms with Crippen molar-refractivity contribution in [2.24, 2.45) is 5.92 Å². The number of aryl methyl sites for hydroxylation is 1. The van der Waals surface area contributed by atoms with E-state index in [0.717, 1.165) is 24.6 Å². The van der Waals surface area contributed by atoms with Crippen LogP contribution in [0.15, 0.2) is 18.2 Å². The van der Waals surface area contributed by atoms with Crippen molar-refractivity contribution in [3.8, 4) is 0 Å². The van der Waals surface area contributed by atoms with Crippen molar-refractivity contribution in [1.82, 2.24) is 10.2 Å². The lowest BCUT2D eigenvalue weighted by molar-refractivity contribution is -0.117. The Bertz CT molecular complexity index is 549. The monoisotopic (exact) mass is 335 g/mol. The highest BCUT2D eigenvalue weighted by molar-refractivity contribution is 6.33. The fraction of sp³-hybridized carbons (Fsp3) is 0.611. The lowest BCUT2D eigenvalue weighted by atomic mass is 9.88. The van der Waals surface area contributed by atoms with E-state index in [4.69, 9.17) is 11.6 Å². The molecule has 1 unspecified atom stereocenters. The molecule has 2 N–H and O–H groups in total. The van der Waals surface area contributed by atoms with Gasteiger partial charge in [-0.25, -0.2) is 0 Å². The van der Waals surface area contributed by atoms with Gasteiger partial charge in [0.05, 0.1) is 17.3 Å². The average molecular weight is 336 g/mol. The molecular weight excluding hydrogens is 310 g/mol. The molecule has 0 spiro atoms. The molecule has 0 aliphatic carbocycles. The normalized spacial score (nSPS) is 23.1. The predicted molar refractivity (Wildman–Crippen MR) is 95.0 cm³/mol. The lowest BCUT2D eigenvalue weighted by Crippen LogP contribution is -2.43. The second kappa shape index (κ2) is 7.65. The first-order valence-electron chi connectivity index (χ1n) is 8.63. The first kappa shape index (κ1) is 16.7. The van der Waals surface area contributed by atoms with Gasteiger partial charge in [-0.15, -0.1) is 0 Å². The highest BCUT2D eigenvalue weighted by Gasteiger charge is 2.28. The summed E-state index contributed by atoms with van der Waals surface area (Å²) in [5, 5.41) is 7.14. The lowest BCUT2D eigenvalue weighted by Gasteiger charge is -2.34. The molecule has 2 aliphatic rings. The van der Waals surface area contributed by atoms with Gasteiger partial charge in [0.2, 0.25) is 5.91 Å². The van der Waals surface area contributed by atoms with Gasteiger partial charge in [0.25, 0.3) is 0 Å². The number of halogens is 1. The Morgan fingerprint density at radius 1 is 1.35 bits per heavy atom. The van der Waals surface area contributed by atoms with Crippen LogP contribution < -0.4 is 10.6 Å². The number of carbonyl (C=O) groups is 1. The third-order valence-electron chi connectivity index (χ3n) is 5.07.